The van der Waals surface area contributed by atoms with E-state index in [9.17, 15) is 18.8 Å². The number of rotatable bonds is 11. The number of anilines is 2. The number of hydrogen-bond donors (Lipinski definition) is 3. The zero-order chi connectivity index (χ0) is 37.7. The molecule has 0 saturated carbocycles. The van der Waals surface area contributed by atoms with Gasteiger partial charge in [-0.15, -0.1) is 0 Å². The zero-order valence-electron chi connectivity index (χ0n) is 30.0. The van der Waals surface area contributed by atoms with Crippen molar-refractivity contribution in [2.75, 3.05) is 23.8 Å². The van der Waals surface area contributed by atoms with Crippen molar-refractivity contribution < 1.29 is 37.7 Å². The summed E-state index contributed by atoms with van der Waals surface area (Å²) in [5, 5.41) is 13.2. The molecule has 16 heteroatoms. The molecule has 1 unspecified atom stereocenters. The molecule has 0 radical (unpaired) electrons. The fraction of sp³-hybridized carbons (Fsp3) is 0.429. The van der Waals surface area contributed by atoms with Gasteiger partial charge in [-0.05, 0) is 80.5 Å². The molecule has 51 heavy (non-hydrogen) atoms. The monoisotopic (exact) mass is 727 g/mol. The van der Waals surface area contributed by atoms with Gasteiger partial charge in [-0.1, -0.05) is 17.7 Å². The average molecular weight is 728 g/mol. The number of ether oxygens (including phenoxy) is 4. The molecule has 0 aliphatic carbocycles. The van der Waals surface area contributed by atoms with Crippen LogP contribution in [0.25, 0.3) is 16.8 Å². The van der Waals surface area contributed by atoms with Gasteiger partial charge in [-0.25, -0.2) is 33.3 Å². The van der Waals surface area contributed by atoms with Gasteiger partial charge in [0.2, 0.25) is 5.88 Å². The van der Waals surface area contributed by atoms with E-state index in [0.29, 0.717) is 22.4 Å². The topological polar surface area (TPSA) is 167 Å². The Morgan fingerprint density at radius 1 is 0.980 bits per heavy atom. The second-order valence-corrected chi connectivity index (χ2v) is 14.0. The largest absolute Gasteiger partial charge is 0.473 e. The van der Waals surface area contributed by atoms with Gasteiger partial charge in [0.15, 0.2) is 5.65 Å². The van der Waals surface area contributed by atoms with E-state index in [0.717, 1.165) is 6.20 Å². The number of nitrogens with one attached hydrogen (secondary N) is 3. The molecule has 4 aromatic rings. The minimum atomic E-state index is -0.699. The van der Waals surface area contributed by atoms with Crippen LogP contribution in [0.4, 0.5) is 25.5 Å². The van der Waals surface area contributed by atoms with E-state index in [1.54, 1.807) is 86.7 Å². The summed E-state index contributed by atoms with van der Waals surface area (Å²) in [6.07, 6.45) is 2.18. The highest BCUT2D eigenvalue weighted by molar-refractivity contribution is 6.33. The van der Waals surface area contributed by atoms with Gasteiger partial charge in [0.25, 0.3) is 0 Å². The fourth-order valence-electron chi connectivity index (χ4n) is 4.71. The molecular formula is C35H43ClFN7O7. The summed E-state index contributed by atoms with van der Waals surface area (Å²) in [4.78, 5) is 46.2. The Morgan fingerprint density at radius 2 is 1.67 bits per heavy atom. The first-order valence-electron chi connectivity index (χ1n) is 16.2. The van der Waals surface area contributed by atoms with E-state index >= 15 is 0 Å². The second-order valence-electron chi connectivity index (χ2n) is 13.6. The first-order chi connectivity index (χ1) is 23.8. The van der Waals surface area contributed by atoms with Crippen molar-refractivity contribution in [1.82, 2.24) is 24.9 Å². The van der Waals surface area contributed by atoms with Gasteiger partial charge in [0, 0.05) is 28.6 Å². The average Bonchev–Trinajstić information content (AvgIpc) is 3.42. The molecule has 3 heterocycles. The van der Waals surface area contributed by atoms with Gasteiger partial charge < -0.3 is 29.6 Å². The van der Waals surface area contributed by atoms with Crippen molar-refractivity contribution in [1.29, 1.82) is 0 Å². The lowest BCUT2D eigenvalue weighted by Gasteiger charge is -2.23. The third-order valence-electron chi connectivity index (χ3n) is 6.80. The predicted molar refractivity (Wildman–Crippen MR) is 190 cm³/mol. The van der Waals surface area contributed by atoms with E-state index in [1.165, 1.54) is 16.8 Å². The molecule has 1 aromatic carbocycles. The van der Waals surface area contributed by atoms with E-state index in [1.807, 2.05) is 0 Å². The molecule has 3 N–H and O–H groups in total. The third-order valence-corrected chi connectivity index (χ3v) is 7.12. The normalized spacial score (nSPS) is 12.8. The summed E-state index contributed by atoms with van der Waals surface area (Å²) < 4.78 is 37.9. The molecule has 14 nitrogen and oxygen atoms in total. The fourth-order valence-corrected chi connectivity index (χ4v) is 4.99. The number of carbonyl (C=O) groups is 3. The number of esters is 1. The maximum atomic E-state index is 14.6. The number of alkyl carbamates (subject to hydrolysis) is 1. The zero-order valence-corrected chi connectivity index (χ0v) is 30.8. The summed E-state index contributed by atoms with van der Waals surface area (Å²) in [7, 11) is 0. The number of carbonyl (C=O) groups excluding carboxylic acids is 3. The summed E-state index contributed by atoms with van der Waals surface area (Å²) in [6, 6.07) is 5.48. The van der Waals surface area contributed by atoms with Crippen LogP contribution in [-0.2, 0) is 14.2 Å². The highest BCUT2D eigenvalue weighted by atomic mass is 35.5. The number of hydrogen-bond acceptors (Lipinski definition) is 11. The van der Waals surface area contributed by atoms with Crippen molar-refractivity contribution >= 4 is 46.9 Å². The van der Waals surface area contributed by atoms with Gasteiger partial charge in [0.1, 0.15) is 34.5 Å². The number of fused-ring (bicyclic) bond motifs is 1. The summed E-state index contributed by atoms with van der Waals surface area (Å²) >= 11 is 6.77. The Labute approximate surface area is 300 Å². The van der Waals surface area contributed by atoms with Crippen LogP contribution >= 0.6 is 11.6 Å². The molecule has 0 spiro atoms. The molecule has 0 fully saturated rings. The van der Waals surface area contributed by atoms with E-state index < -0.39 is 47.3 Å². The number of pyridine rings is 1. The first kappa shape index (κ1) is 38.6. The maximum absolute atomic E-state index is 14.6. The summed E-state index contributed by atoms with van der Waals surface area (Å²) in [6.45, 7) is 15.9. The minimum absolute atomic E-state index is 0.0900. The molecule has 274 valence electrons. The number of nitrogens with zero attached hydrogens (tertiary/aromatic N) is 4. The van der Waals surface area contributed by atoms with Gasteiger partial charge in [-0.3, -0.25) is 5.32 Å². The highest BCUT2D eigenvalue weighted by Gasteiger charge is 2.24. The Balaban J connectivity index is 1.69. The lowest BCUT2D eigenvalue weighted by atomic mass is 10.1. The lowest BCUT2D eigenvalue weighted by Crippen LogP contribution is -2.37. The maximum Gasteiger partial charge on any atom is 0.412 e. The quantitative estimate of drug-likeness (QED) is 0.103. The van der Waals surface area contributed by atoms with Crippen molar-refractivity contribution in [2.24, 2.45) is 0 Å². The number of aromatic nitrogens is 4. The van der Waals surface area contributed by atoms with E-state index in [-0.39, 0.29) is 41.1 Å². The number of halogens is 2. The van der Waals surface area contributed by atoms with Crippen LogP contribution in [0.2, 0.25) is 5.02 Å². The van der Waals surface area contributed by atoms with Crippen molar-refractivity contribution in [3.05, 3.63) is 64.8 Å². The first-order valence-corrected chi connectivity index (χ1v) is 16.6. The van der Waals surface area contributed by atoms with Gasteiger partial charge in [-0.2, -0.15) is 5.10 Å². The van der Waals surface area contributed by atoms with Crippen LogP contribution in [0.5, 0.6) is 5.88 Å². The smallest absolute Gasteiger partial charge is 0.412 e. The van der Waals surface area contributed by atoms with E-state index in [4.69, 9.17) is 35.5 Å². The highest BCUT2D eigenvalue weighted by Crippen LogP contribution is 2.37. The van der Waals surface area contributed by atoms with Crippen LogP contribution in [-0.4, -0.2) is 68.2 Å². The molecule has 0 aliphatic heterocycles. The molecule has 0 aliphatic rings. The Kier molecular flexibility index (Phi) is 12.0. The Bertz CT molecular complexity index is 1910. The molecule has 4 rings (SSSR count). The number of benzene rings is 1. The standard InChI is InChI=1S/C35H43ClFN7O7/c1-10-48-31(45)25-17-40-44-18-26(23-12-11-22(14-27(23)36)42-33(47)51-35(7,8)9)28(43-29(25)44)41-20(3)24-13-21(37)16-38-30(24)49-19(2)15-39-32(46)50-34(4,5)6/h11-14,16-20H,10,15H2,1-9H3,(H,39,46)(H,41,43)(H,42,47)/t19-,20?/m0/s1. The molecule has 0 saturated heterocycles. The van der Waals surface area contributed by atoms with E-state index in [2.05, 4.69) is 26.0 Å². The van der Waals surface area contributed by atoms with Crippen LogP contribution in [0.3, 0.4) is 0 Å². The Morgan fingerprint density at radius 3 is 2.31 bits per heavy atom. The molecule has 0 bridgehead atoms. The van der Waals surface area contributed by atoms with Crippen LogP contribution < -0.4 is 20.7 Å². The van der Waals surface area contributed by atoms with Gasteiger partial charge in [0.05, 0.1) is 36.6 Å². The lowest BCUT2D eigenvalue weighted by molar-refractivity contribution is 0.0500. The third kappa shape index (κ3) is 10.7. The predicted octanol–water partition coefficient (Wildman–Crippen LogP) is 7.57. The Hall–Kier alpha value is -5.18. The minimum Gasteiger partial charge on any atom is -0.473 e. The van der Waals surface area contributed by atoms with Crippen LogP contribution in [0, 0.1) is 5.82 Å². The van der Waals surface area contributed by atoms with Gasteiger partial charge >= 0.3 is 18.2 Å². The van der Waals surface area contributed by atoms with Crippen molar-refractivity contribution in [3.63, 3.8) is 0 Å². The number of amides is 2. The summed E-state index contributed by atoms with van der Waals surface area (Å²) in [5.41, 5.74) is 0.647. The molecule has 2 atom stereocenters. The molecule has 3 aromatic heterocycles. The second kappa shape index (κ2) is 15.8. The molecule has 2 amide bonds. The van der Waals surface area contributed by atoms with Crippen molar-refractivity contribution in [2.45, 2.75) is 85.7 Å². The summed E-state index contributed by atoms with van der Waals surface area (Å²) in [5.74, 6) is -0.845. The van der Waals surface area contributed by atoms with Crippen LogP contribution in [0.1, 0.15) is 84.3 Å². The van der Waals surface area contributed by atoms with Crippen LogP contribution in [0.15, 0.2) is 42.9 Å². The molecular weight excluding hydrogens is 685 g/mol. The SMILES string of the molecule is CCOC(=O)c1cnn2cc(-c3ccc(NC(=O)OC(C)(C)C)cc3Cl)c(NC(C)c3cc(F)cnc3O[C@@H](C)CNC(=O)OC(C)(C)C)nc12. The van der Waals surface area contributed by atoms with Crippen molar-refractivity contribution in [3.8, 4) is 17.0 Å².